The molecule has 0 radical (unpaired) electrons. The molecule has 3 aromatic rings. The van der Waals surface area contributed by atoms with Crippen LogP contribution in [0.1, 0.15) is 46.8 Å². The predicted molar refractivity (Wildman–Crippen MR) is 139 cm³/mol. The van der Waals surface area contributed by atoms with Crippen LogP contribution < -0.4 is 0 Å². The second kappa shape index (κ2) is 10.6. The van der Waals surface area contributed by atoms with Gasteiger partial charge in [0.05, 0.1) is 10.6 Å². The van der Waals surface area contributed by atoms with Gasteiger partial charge in [0.25, 0.3) is 0 Å². The van der Waals surface area contributed by atoms with E-state index in [4.69, 9.17) is 0 Å². The summed E-state index contributed by atoms with van der Waals surface area (Å²) in [5.74, 6) is 1.16. The molecule has 7 heteroatoms. The van der Waals surface area contributed by atoms with Gasteiger partial charge in [0, 0.05) is 44.0 Å². The fourth-order valence-electron chi connectivity index (χ4n) is 4.52. The van der Waals surface area contributed by atoms with E-state index >= 15 is 0 Å². The Kier molecular flexibility index (Phi) is 7.55. The van der Waals surface area contributed by atoms with Crippen molar-refractivity contribution >= 4 is 21.8 Å². The fourth-order valence-corrected chi connectivity index (χ4v) is 5.74. The largest absolute Gasteiger partial charge is 0.339 e. The van der Waals surface area contributed by atoms with Crippen LogP contribution >= 0.6 is 0 Å². The number of nitrogens with zero attached hydrogens (tertiary/aromatic N) is 3. The van der Waals surface area contributed by atoms with E-state index in [1.807, 2.05) is 54.6 Å². The highest BCUT2D eigenvalue weighted by molar-refractivity contribution is 7.91. The third-order valence-corrected chi connectivity index (χ3v) is 8.45. The van der Waals surface area contributed by atoms with E-state index in [1.54, 1.807) is 24.4 Å². The number of imidazole rings is 1. The van der Waals surface area contributed by atoms with Gasteiger partial charge >= 0.3 is 0 Å². The lowest BCUT2D eigenvalue weighted by atomic mass is 9.95. The molecular weight excluding hydrogens is 458 g/mol. The summed E-state index contributed by atoms with van der Waals surface area (Å²) in [5, 5.41) is 0. The van der Waals surface area contributed by atoms with Gasteiger partial charge < -0.3 is 9.47 Å². The van der Waals surface area contributed by atoms with Gasteiger partial charge in [-0.25, -0.2) is 13.4 Å². The molecule has 0 bridgehead atoms. The molecule has 1 saturated heterocycles. The molecule has 35 heavy (non-hydrogen) atoms. The Hall–Kier alpha value is -3.19. The SMILES string of the molecule is Cc1ccc(S(=O)(=O)CCn2ccnc2C2CCN(C(=O)C=Cc3cc(C)ccc3C)CC2)cc1. The molecule has 4 rings (SSSR count). The van der Waals surface area contributed by atoms with E-state index in [2.05, 4.69) is 23.2 Å². The molecule has 0 N–H and O–H groups in total. The Bertz CT molecular complexity index is 1320. The summed E-state index contributed by atoms with van der Waals surface area (Å²) in [4.78, 5) is 19.5. The van der Waals surface area contributed by atoms with Crippen LogP contribution in [0.3, 0.4) is 0 Å². The molecule has 0 atom stereocenters. The van der Waals surface area contributed by atoms with Crippen LogP contribution in [0.25, 0.3) is 6.08 Å². The van der Waals surface area contributed by atoms with Crippen molar-refractivity contribution in [1.29, 1.82) is 0 Å². The van der Waals surface area contributed by atoms with Crippen molar-refractivity contribution in [3.05, 3.63) is 89.0 Å². The number of sulfone groups is 1. The van der Waals surface area contributed by atoms with Crippen LogP contribution in [0, 0.1) is 20.8 Å². The number of aryl methyl sites for hydroxylation is 4. The van der Waals surface area contributed by atoms with Gasteiger partial charge in [-0.15, -0.1) is 0 Å². The third-order valence-electron chi connectivity index (χ3n) is 6.74. The average Bonchev–Trinajstić information content (AvgIpc) is 3.32. The first-order valence-corrected chi connectivity index (χ1v) is 13.7. The van der Waals surface area contributed by atoms with E-state index < -0.39 is 9.84 Å². The summed E-state index contributed by atoms with van der Waals surface area (Å²) >= 11 is 0. The standard InChI is InChI=1S/C28H33N3O3S/c1-21-5-9-26(10-6-21)35(33,34)19-18-31-17-14-29-28(31)24-12-15-30(16-13-24)27(32)11-8-25-20-22(2)4-7-23(25)3/h4-11,14,17,20,24H,12-13,15-16,18-19H2,1-3H3. The molecule has 1 amide bonds. The first kappa shape index (κ1) is 24.9. The summed E-state index contributed by atoms with van der Waals surface area (Å²) in [5.41, 5.74) is 4.42. The van der Waals surface area contributed by atoms with E-state index in [1.165, 1.54) is 5.56 Å². The minimum Gasteiger partial charge on any atom is -0.339 e. The monoisotopic (exact) mass is 491 g/mol. The van der Waals surface area contributed by atoms with Crippen molar-refractivity contribution in [1.82, 2.24) is 14.5 Å². The Morgan fingerprint density at radius 2 is 1.71 bits per heavy atom. The predicted octanol–water partition coefficient (Wildman–Crippen LogP) is 4.70. The number of likely N-dealkylation sites (tertiary alicyclic amines) is 1. The van der Waals surface area contributed by atoms with Gasteiger partial charge in [0.1, 0.15) is 5.82 Å². The number of rotatable bonds is 7. The van der Waals surface area contributed by atoms with Crippen LogP contribution in [-0.4, -0.2) is 47.6 Å². The van der Waals surface area contributed by atoms with Crippen LogP contribution in [0.5, 0.6) is 0 Å². The van der Waals surface area contributed by atoms with Gasteiger partial charge in [-0.1, -0.05) is 41.5 Å². The lowest BCUT2D eigenvalue weighted by molar-refractivity contribution is -0.127. The molecule has 1 aliphatic heterocycles. The number of hydrogen-bond acceptors (Lipinski definition) is 4. The maximum atomic E-state index is 12.8. The summed E-state index contributed by atoms with van der Waals surface area (Å²) in [7, 11) is -3.36. The third kappa shape index (κ3) is 6.09. The lowest BCUT2D eigenvalue weighted by Crippen LogP contribution is -2.37. The zero-order valence-electron chi connectivity index (χ0n) is 20.6. The van der Waals surface area contributed by atoms with Gasteiger partial charge in [-0.3, -0.25) is 4.79 Å². The van der Waals surface area contributed by atoms with Gasteiger partial charge in [0.2, 0.25) is 5.91 Å². The molecule has 184 valence electrons. The molecule has 1 aromatic heterocycles. The topological polar surface area (TPSA) is 72.3 Å². The molecule has 1 fully saturated rings. The van der Waals surface area contributed by atoms with Crippen molar-refractivity contribution in [2.24, 2.45) is 0 Å². The van der Waals surface area contributed by atoms with Crippen LogP contribution in [0.15, 0.2) is 65.8 Å². The minimum atomic E-state index is -3.36. The van der Waals surface area contributed by atoms with E-state index in [9.17, 15) is 13.2 Å². The first-order chi connectivity index (χ1) is 16.7. The maximum Gasteiger partial charge on any atom is 0.246 e. The number of aromatic nitrogens is 2. The second-order valence-electron chi connectivity index (χ2n) is 9.40. The van der Waals surface area contributed by atoms with Crippen molar-refractivity contribution in [2.75, 3.05) is 18.8 Å². The second-order valence-corrected chi connectivity index (χ2v) is 11.5. The van der Waals surface area contributed by atoms with Crippen LogP contribution in [0.4, 0.5) is 0 Å². The highest BCUT2D eigenvalue weighted by Gasteiger charge is 2.26. The zero-order valence-corrected chi connectivity index (χ0v) is 21.5. The summed E-state index contributed by atoms with van der Waals surface area (Å²) < 4.78 is 27.5. The number of benzene rings is 2. The van der Waals surface area contributed by atoms with Crippen LogP contribution in [-0.2, 0) is 21.2 Å². The Morgan fingerprint density at radius 1 is 1.03 bits per heavy atom. The molecule has 6 nitrogen and oxygen atoms in total. The molecule has 2 aromatic carbocycles. The van der Waals surface area contributed by atoms with Crippen molar-refractivity contribution in [2.45, 2.75) is 51.0 Å². The molecule has 1 aliphatic rings. The van der Waals surface area contributed by atoms with Crippen molar-refractivity contribution in [3.63, 3.8) is 0 Å². The fraction of sp³-hybridized carbons (Fsp3) is 0.357. The highest BCUT2D eigenvalue weighted by atomic mass is 32.2. The molecule has 0 unspecified atom stereocenters. The van der Waals surface area contributed by atoms with Gasteiger partial charge in [-0.05, 0) is 62.9 Å². The van der Waals surface area contributed by atoms with Crippen molar-refractivity contribution in [3.8, 4) is 0 Å². The summed E-state index contributed by atoms with van der Waals surface area (Å²) in [6.07, 6.45) is 8.77. The minimum absolute atomic E-state index is 0.0249. The number of carbonyl (C=O) groups is 1. The summed E-state index contributed by atoms with van der Waals surface area (Å²) in [6.45, 7) is 7.72. The Balaban J connectivity index is 1.34. The van der Waals surface area contributed by atoms with Crippen LogP contribution in [0.2, 0.25) is 0 Å². The molecule has 0 saturated carbocycles. The van der Waals surface area contributed by atoms with E-state index in [0.29, 0.717) is 24.5 Å². The molecular formula is C28H33N3O3S. The number of carbonyl (C=O) groups excluding carboxylic acids is 1. The van der Waals surface area contributed by atoms with Gasteiger partial charge in [-0.2, -0.15) is 0 Å². The molecule has 2 heterocycles. The highest BCUT2D eigenvalue weighted by Crippen LogP contribution is 2.27. The number of amides is 1. The molecule has 0 aliphatic carbocycles. The normalized spacial score (nSPS) is 15.1. The number of piperidine rings is 1. The zero-order chi connectivity index (χ0) is 25.0. The van der Waals surface area contributed by atoms with Gasteiger partial charge in [0.15, 0.2) is 9.84 Å². The Morgan fingerprint density at radius 3 is 2.43 bits per heavy atom. The maximum absolute atomic E-state index is 12.8. The quantitative estimate of drug-likeness (QED) is 0.449. The van der Waals surface area contributed by atoms with Crippen molar-refractivity contribution < 1.29 is 13.2 Å². The molecule has 0 spiro atoms. The Labute approximate surface area is 208 Å². The average molecular weight is 492 g/mol. The first-order valence-electron chi connectivity index (χ1n) is 12.1. The summed E-state index contributed by atoms with van der Waals surface area (Å²) in [6, 6.07) is 13.2. The number of hydrogen-bond donors (Lipinski definition) is 0. The van der Waals surface area contributed by atoms with E-state index in [-0.39, 0.29) is 17.6 Å². The smallest absolute Gasteiger partial charge is 0.246 e. The van der Waals surface area contributed by atoms with E-state index in [0.717, 1.165) is 35.4 Å². The lowest BCUT2D eigenvalue weighted by Gasteiger charge is -2.31.